The van der Waals surface area contributed by atoms with Crippen LogP contribution < -0.4 is 9.48 Å². The van der Waals surface area contributed by atoms with Crippen LogP contribution in [0.5, 0.6) is 0 Å². The van der Waals surface area contributed by atoms with Crippen molar-refractivity contribution in [2.75, 3.05) is 4.90 Å². The van der Waals surface area contributed by atoms with Crippen molar-refractivity contribution in [3.8, 4) is 5.69 Å². The zero-order chi connectivity index (χ0) is 29.9. The van der Waals surface area contributed by atoms with Crippen molar-refractivity contribution in [2.24, 2.45) is 0 Å². The molecule has 0 saturated heterocycles. The topological polar surface area (TPSA) is 24.3 Å². The largest absolute Gasteiger partial charge is 0.456 e. The second-order valence-corrected chi connectivity index (χ2v) is 12.4. The smallest absolute Gasteiger partial charge is 0.235 e. The number of benzene rings is 6. The minimum Gasteiger partial charge on any atom is -0.456 e. The van der Waals surface area contributed by atoms with Crippen LogP contribution in [0.25, 0.3) is 55.0 Å². The van der Waals surface area contributed by atoms with Crippen molar-refractivity contribution in [1.29, 1.82) is 0 Å². The molecule has 6 aromatic carbocycles. The van der Waals surface area contributed by atoms with E-state index in [1.807, 2.05) is 6.07 Å². The first-order valence-electron chi connectivity index (χ1n) is 15.8. The van der Waals surface area contributed by atoms with E-state index in [9.17, 15) is 0 Å². The van der Waals surface area contributed by atoms with Crippen molar-refractivity contribution in [3.05, 3.63) is 157 Å². The average molecular weight is 589 g/mol. The van der Waals surface area contributed by atoms with E-state index in [2.05, 4.69) is 160 Å². The third-order valence-electron chi connectivity index (χ3n) is 10.0. The summed E-state index contributed by atoms with van der Waals surface area (Å²) in [7, 11) is 0. The second-order valence-electron chi connectivity index (χ2n) is 12.4. The molecule has 8 aromatic rings. The molecule has 0 amide bonds. The number of hydrogen-bond acceptors (Lipinski definition) is 2. The number of hydrogen-bond donors (Lipinski definition) is 0. The van der Waals surface area contributed by atoms with E-state index in [1.54, 1.807) is 0 Å². The molecule has 0 N–H and O–H groups in total. The van der Waals surface area contributed by atoms with Gasteiger partial charge in [0.25, 0.3) is 0 Å². The van der Waals surface area contributed by atoms with Gasteiger partial charge in [-0.3, -0.25) is 0 Å². The highest BCUT2D eigenvalue weighted by Gasteiger charge is 2.48. The van der Waals surface area contributed by atoms with Gasteiger partial charge in [-0.25, -0.2) is 0 Å². The minimum atomic E-state index is 0.0639. The third-order valence-corrected chi connectivity index (χ3v) is 10.0. The zero-order valence-corrected chi connectivity index (χ0v) is 24.8. The fourth-order valence-electron chi connectivity index (χ4n) is 8.14. The summed E-state index contributed by atoms with van der Waals surface area (Å²) in [5.74, 6) is 0. The molecule has 3 aliphatic rings. The Balaban J connectivity index is 1.17. The summed E-state index contributed by atoms with van der Waals surface area (Å²) in [4.78, 5) is 2.51. The lowest BCUT2D eigenvalue weighted by molar-refractivity contribution is 0.669. The molecule has 2 aromatic heterocycles. The van der Waals surface area contributed by atoms with Gasteiger partial charge in [0.2, 0.25) is 17.1 Å². The lowest BCUT2D eigenvalue weighted by Crippen LogP contribution is -2.43. The molecule has 0 radical (unpaired) electrons. The molecular formula is C42H26N3O+. The fourth-order valence-corrected chi connectivity index (χ4v) is 8.14. The number of nitrogens with zero attached hydrogens (tertiary/aromatic N) is 3. The number of aromatic nitrogens is 1. The van der Waals surface area contributed by atoms with E-state index in [0.29, 0.717) is 0 Å². The van der Waals surface area contributed by atoms with Gasteiger partial charge < -0.3 is 13.9 Å². The molecule has 4 heterocycles. The van der Waals surface area contributed by atoms with Gasteiger partial charge in [0.15, 0.2) is 0 Å². The number of para-hydroxylation sites is 5. The van der Waals surface area contributed by atoms with Crippen LogP contribution in [0.1, 0.15) is 5.56 Å². The van der Waals surface area contributed by atoms with Gasteiger partial charge >= 0.3 is 0 Å². The summed E-state index contributed by atoms with van der Waals surface area (Å²) in [6, 6.07) is 48.2. The number of anilines is 2. The Labute approximate surface area is 264 Å². The van der Waals surface area contributed by atoms with E-state index < -0.39 is 0 Å². The quantitative estimate of drug-likeness (QED) is 0.188. The highest BCUT2D eigenvalue weighted by atomic mass is 16.3. The third kappa shape index (κ3) is 3.05. The lowest BCUT2D eigenvalue weighted by atomic mass is 9.91. The fraction of sp³-hybridized carbons (Fsp3) is 0.0238. The number of allylic oxidation sites excluding steroid dienone is 2. The normalized spacial score (nSPS) is 16.4. The Hall–Kier alpha value is -6.13. The second kappa shape index (κ2) is 8.74. The van der Waals surface area contributed by atoms with Gasteiger partial charge in [-0.1, -0.05) is 78.9 Å². The predicted octanol–water partition coefficient (Wildman–Crippen LogP) is 10.4. The van der Waals surface area contributed by atoms with Crippen LogP contribution in [0.15, 0.2) is 156 Å². The van der Waals surface area contributed by atoms with Gasteiger partial charge in [0, 0.05) is 63.1 Å². The van der Waals surface area contributed by atoms with Gasteiger partial charge in [0.05, 0.1) is 16.7 Å². The molecule has 0 fully saturated rings. The molecule has 1 aliphatic carbocycles. The summed E-state index contributed by atoms with van der Waals surface area (Å²) < 4.78 is 11.2. The van der Waals surface area contributed by atoms with E-state index in [-0.39, 0.29) is 6.04 Å². The van der Waals surface area contributed by atoms with Crippen LogP contribution in [-0.2, 0) is 0 Å². The molecule has 1 unspecified atom stereocenters. The van der Waals surface area contributed by atoms with E-state index in [0.717, 1.165) is 27.6 Å². The van der Waals surface area contributed by atoms with Crippen molar-refractivity contribution in [1.82, 2.24) is 9.14 Å². The molecule has 46 heavy (non-hydrogen) atoms. The standard InChI is InChI=1S/C42H26N3O/c1-2-11-26(12-3-1)43-34-16-6-4-13-28(34)31-23-27(21-22-35(31)43)44-36-17-7-8-18-37(36)45-39-25-41-33(29-14-5-9-20-40(29)46-41)24-32(39)30-15-10-19-38(44)42(30)45/h1-25,42H/q+1. The van der Waals surface area contributed by atoms with Gasteiger partial charge in [-0.05, 0) is 48.0 Å². The molecule has 2 aliphatic heterocycles. The maximum Gasteiger partial charge on any atom is 0.235 e. The molecule has 0 saturated carbocycles. The lowest BCUT2D eigenvalue weighted by Gasteiger charge is -2.32. The first-order chi connectivity index (χ1) is 22.8. The van der Waals surface area contributed by atoms with Gasteiger partial charge in [-0.2, -0.15) is 4.58 Å². The van der Waals surface area contributed by atoms with Crippen LogP contribution in [-0.4, -0.2) is 16.3 Å². The maximum atomic E-state index is 6.38. The number of furan rings is 1. The average Bonchev–Trinajstić information content (AvgIpc) is 3.76. The Kier molecular flexibility index (Phi) is 4.60. The summed E-state index contributed by atoms with van der Waals surface area (Å²) in [6.07, 6.45) is 6.80. The highest BCUT2D eigenvalue weighted by Crippen LogP contribution is 2.53. The summed E-state index contributed by atoms with van der Waals surface area (Å²) >= 11 is 0. The zero-order valence-electron chi connectivity index (χ0n) is 24.8. The van der Waals surface area contributed by atoms with Crippen molar-refractivity contribution < 1.29 is 4.42 Å². The van der Waals surface area contributed by atoms with Crippen LogP contribution in [0.3, 0.4) is 0 Å². The molecule has 4 nitrogen and oxygen atoms in total. The SMILES string of the molecule is C1=CC2=[N+](c3ccc4c(c3)c3ccccc3n4-c3ccccc3)c3ccccc3N3c4cc5oc6ccccc6c5cc4C(=C1)C23. The minimum absolute atomic E-state index is 0.0639. The first kappa shape index (κ1) is 24.2. The Bertz CT molecular complexity index is 2700. The Morgan fingerprint density at radius 1 is 0.587 bits per heavy atom. The summed E-state index contributed by atoms with van der Waals surface area (Å²) in [5.41, 5.74) is 14.0. The molecule has 4 heteroatoms. The molecule has 11 rings (SSSR count). The molecule has 1 atom stereocenters. The van der Waals surface area contributed by atoms with Gasteiger partial charge in [-0.15, -0.1) is 0 Å². The summed E-state index contributed by atoms with van der Waals surface area (Å²) in [6.45, 7) is 0. The number of fused-ring (bicyclic) bond motifs is 11. The van der Waals surface area contributed by atoms with Gasteiger partial charge in [0.1, 0.15) is 22.9 Å². The Morgan fingerprint density at radius 2 is 1.37 bits per heavy atom. The molecular weight excluding hydrogens is 562 g/mol. The van der Waals surface area contributed by atoms with Crippen molar-refractivity contribution in [2.45, 2.75) is 6.04 Å². The summed E-state index contributed by atoms with van der Waals surface area (Å²) in [5, 5.41) is 4.82. The monoisotopic (exact) mass is 588 g/mol. The van der Waals surface area contributed by atoms with Crippen LogP contribution in [0, 0.1) is 0 Å². The van der Waals surface area contributed by atoms with E-state index >= 15 is 0 Å². The maximum absolute atomic E-state index is 6.38. The van der Waals surface area contributed by atoms with Crippen molar-refractivity contribution in [3.63, 3.8) is 0 Å². The van der Waals surface area contributed by atoms with Crippen LogP contribution >= 0.6 is 0 Å². The van der Waals surface area contributed by atoms with Crippen molar-refractivity contribution >= 4 is 77.8 Å². The number of rotatable bonds is 2. The van der Waals surface area contributed by atoms with E-state index in [4.69, 9.17) is 4.42 Å². The predicted molar refractivity (Wildman–Crippen MR) is 190 cm³/mol. The van der Waals surface area contributed by atoms with Crippen LogP contribution in [0.4, 0.5) is 22.7 Å². The first-order valence-corrected chi connectivity index (χ1v) is 15.8. The molecule has 0 spiro atoms. The molecule has 0 bridgehead atoms. The molecule has 214 valence electrons. The van der Waals surface area contributed by atoms with E-state index in [1.165, 1.54) is 61.4 Å². The Morgan fingerprint density at radius 3 is 2.30 bits per heavy atom. The highest BCUT2D eigenvalue weighted by molar-refractivity contribution is 6.23. The van der Waals surface area contributed by atoms with Crippen LogP contribution in [0.2, 0.25) is 0 Å².